The zero-order chi connectivity index (χ0) is 18.7. The molecule has 0 saturated carbocycles. The van der Waals surface area contributed by atoms with Crippen LogP contribution in [0, 0.1) is 5.92 Å². The van der Waals surface area contributed by atoms with E-state index in [1.807, 2.05) is 51.1 Å². The van der Waals surface area contributed by atoms with Crippen LogP contribution in [0.25, 0.3) is 0 Å². The van der Waals surface area contributed by atoms with Gasteiger partial charge < -0.3 is 19.5 Å². The molecule has 5 heteroatoms. The van der Waals surface area contributed by atoms with Gasteiger partial charge in [0.15, 0.2) is 0 Å². The maximum Gasteiger partial charge on any atom is 0.408 e. The predicted molar refractivity (Wildman–Crippen MR) is 99.5 cm³/mol. The second-order valence-electron chi connectivity index (χ2n) is 7.60. The summed E-state index contributed by atoms with van der Waals surface area (Å²) in [5.74, 6) is 0.589. The van der Waals surface area contributed by atoms with E-state index >= 15 is 0 Å². The fraction of sp³-hybridized carbons (Fsp3) is 0.650. The molecule has 0 unspecified atom stereocenters. The molecule has 0 radical (unpaired) electrons. The van der Waals surface area contributed by atoms with E-state index in [0.717, 1.165) is 12.0 Å². The third-order valence-corrected chi connectivity index (χ3v) is 3.31. The molecule has 1 amide bonds. The number of ether oxygens (including phenoxy) is 3. The van der Waals surface area contributed by atoms with Crippen molar-refractivity contribution < 1.29 is 19.0 Å². The lowest BCUT2D eigenvalue weighted by Gasteiger charge is -2.24. The molecule has 1 aromatic carbocycles. The summed E-state index contributed by atoms with van der Waals surface area (Å²) in [6, 6.07) is 9.70. The molecule has 0 spiro atoms. The Balaban J connectivity index is 2.44. The van der Waals surface area contributed by atoms with Gasteiger partial charge in [-0.15, -0.1) is 0 Å². The van der Waals surface area contributed by atoms with E-state index in [4.69, 9.17) is 14.2 Å². The van der Waals surface area contributed by atoms with Crippen LogP contribution in [0.1, 0.15) is 46.6 Å². The molecular formula is C20H33NO4. The molecule has 0 aliphatic rings. The van der Waals surface area contributed by atoms with E-state index < -0.39 is 11.7 Å². The highest BCUT2D eigenvalue weighted by molar-refractivity contribution is 5.68. The molecule has 1 N–H and O–H groups in total. The van der Waals surface area contributed by atoms with E-state index in [0.29, 0.717) is 32.3 Å². The first-order valence-electron chi connectivity index (χ1n) is 8.95. The number of hydrogen-bond donors (Lipinski definition) is 1. The SMILES string of the molecule is CC(C)CCOC[C@H](COCc1ccccc1)NC(=O)OC(C)(C)C. The summed E-state index contributed by atoms with van der Waals surface area (Å²) in [5.41, 5.74) is 0.567. The minimum absolute atomic E-state index is 0.245. The molecule has 0 heterocycles. The number of rotatable bonds is 10. The lowest BCUT2D eigenvalue weighted by Crippen LogP contribution is -2.44. The lowest BCUT2D eigenvalue weighted by molar-refractivity contribution is 0.0247. The van der Waals surface area contributed by atoms with Gasteiger partial charge in [-0.05, 0) is 38.7 Å². The second kappa shape index (κ2) is 11.1. The van der Waals surface area contributed by atoms with Crippen LogP contribution in [-0.2, 0) is 20.8 Å². The second-order valence-corrected chi connectivity index (χ2v) is 7.60. The van der Waals surface area contributed by atoms with Crippen LogP contribution in [0.15, 0.2) is 30.3 Å². The molecule has 1 rings (SSSR count). The van der Waals surface area contributed by atoms with Crippen molar-refractivity contribution in [1.82, 2.24) is 5.32 Å². The highest BCUT2D eigenvalue weighted by Crippen LogP contribution is 2.08. The number of alkyl carbamates (subject to hydrolysis) is 1. The van der Waals surface area contributed by atoms with E-state index in [-0.39, 0.29) is 6.04 Å². The van der Waals surface area contributed by atoms with Crippen molar-refractivity contribution in [1.29, 1.82) is 0 Å². The summed E-state index contributed by atoms with van der Waals surface area (Å²) in [5, 5.41) is 2.84. The Labute approximate surface area is 152 Å². The van der Waals surface area contributed by atoms with Gasteiger partial charge in [0.25, 0.3) is 0 Å². The third kappa shape index (κ3) is 11.6. The maximum absolute atomic E-state index is 12.0. The van der Waals surface area contributed by atoms with Crippen molar-refractivity contribution in [3.8, 4) is 0 Å². The predicted octanol–water partition coefficient (Wildman–Crippen LogP) is 4.16. The van der Waals surface area contributed by atoms with Gasteiger partial charge in [-0.25, -0.2) is 4.79 Å². The van der Waals surface area contributed by atoms with Crippen LogP contribution in [0.5, 0.6) is 0 Å². The molecule has 0 aliphatic carbocycles. The molecule has 0 fully saturated rings. The average molecular weight is 351 g/mol. The Morgan fingerprint density at radius 1 is 1.08 bits per heavy atom. The van der Waals surface area contributed by atoms with E-state index in [9.17, 15) is 4.79 Å². The normalized spacial score (nSPS) is 12.9. The van der Waals surface area contributed by atoms with Gasteiger partial charge in [0, 0.05) is 6.61 Å². The molecule has 0 aliphatic heterocycles. The molecule has 0 saturated heterocycles. The number of nitrogens with one attached hydrogen (secondary N) is 1. The maximum atomic E-state index is 12.0. The highest BCUT2D eigenvalue weighted by atomic mass is 16.6. The van der Waals surface area contributed by atoms with Gasteiger partial charge in [-0.3, -0.25) is 0 Å². The molecule has 5 nitrogen and oxygen atoms in total. The van der Waals surface area contributed by atoms with Crippen LogP contribution in [0.2, 0.25) is 0 Å². The van der Waals surface area contributed by atoms with Crippen molar-refractivity contribution in [3.63, 3.8) is 0 Å². The minimum atomic E-state index is -0.530. The molecule has 25 heavy (non-hydrogen) atoms. The van der Waals surface area contributed by atoms with Crippen molar-refractivity contribution in [2.75, 3.05) is 19.8 Å². The van der Waals surface area contributed by atoms with Crippen molar-refractivity contribution >= 4 is 6.09 Å². The minimum Gasteiger partial charge on any atom is -0.444 e. The standard InChI is InChI=1S/C20H33NO4/c1-16(2)11-12-23-14-18(21-19(22)25-20(3,4)5)15-24-13-17-9-7-6-8-10-17/h6-10,16,18H,11-15H2,1-5H3,(H,21,22)/t18-/m1/s1. The fourth-order valence-electron chi connectivity index (χ4n) is 2.04. The molecule has 142 valence electrons. The van der Waals surface area contributed by atoms with E-state index in [1.165, 1.54) is 0 Å². The topological polar surface area (TPSA) is 56.8 Å². The monoisotopic (exact) mass is 351 g/mol. The van der Waals surface area contributed by atoms with Gasteiger partial charge in [-0.1, -0.05) is 44.2 Å². The number of carbonyl (C=O) groups excluding carboxylic acids is 1. The quantitative estimate of drug-likeness (QED) is 0.643. The zero-order valence-corrected chi connectivity index (χ0v) is 16.2. The summed E-state index contributed by atoms with van der Waals surface area (Å²) in [6.07, 6.45) is 0.539. The fourth-order valence-corrected chi connectivity index (χ4v) is 2.04. The molecule has 0 aromatic heterocycles. The Hall–Kier alpha value is -1.59. The number of carbonyl (C=O) groups is 1. The summed E-state index contributed by atoms with van der Waals surface area (Å²) in [7, 11) is 0. The third-order valence-electron chi connectivity index (χ3n) is 3.31. The Morgan fingerprint density at radius 3 is 2.32 bits per heavy atom. The molecule has 1 aromatic rings. The van der Waals surface area contributed by atoms with Crippen molar-refractivity contribution in [2.45, 2.75) is 59.3 Å². The van der Waals surface area contributed by atoms with Gasteiger partial charge in [0.05, 0.1) is 25.9 Å². The van der Waals surface area contributed by atoms with Crippen LogP contribution in [0.3, 0.4) is 0 Å². The largest absolute Gasteiger partial charge is 0.444 e. The first-order valence-corrected chi connectivity index (χ1v) is 8.95. The van der Waals surface area contributed by atoms with Gasteiger partial charge >= 0.3 is 6.09 Å². The summed E-state index contributed by atoms with van der Waals surface area (Å²) < 4.78 is 16.7. The summed E-state index contributed by atoms with van der Waals surface area (Å²) >= 11 is 0. The summed E-state index contributed by atoms with van der Waals surface area (Å²) in [6.45, 7) is 11.8. The average Bonchev–Trinajstić information content (AvgIpc) is 2.50. The van der Waals surface area contributed by atoms with Gasteiger partial charge in [-0.2, -0.15) is 0 Å². The first-order chi connectivity index (χ1) is 11.8. The Bertz CT molecular complexity index is 482. The van der Waals surface area contributed by atoms with E-state index in [1.54, 1.807) is 0 Å². The first kappa shape index (κ1) is 21.5. The van der Waals surface area contributed by atoms with Gasteiger partial charge in [0.2, 0.25) is 0 Å². The number of benzene rings is 1. The highest BCUT2D eigenvalue weighted by Gasteiger charge is 2.20. The van der Waals surface area contributed by atoms with Crippen molar-refractivity contribution in [2.24, 2.45) is 5.92 Å². The number of hydrogen-bond acceptors (Lipinski definition) is 4. The van der Waals surface area contributed by atoms with Crippen LogP contribution in [0.4, 0.5) is 4.79 Å². The van der Waals surface area contributed by atoms with Crippen LogP contribution >= 0.6 is 0 Å². The smallest absolute Gasteiger partial charge is 0.408 e. The van der Waals surface area contributed by atoms with Crippen LogP contribution < -0.4 is 5.32 Å². The molecule has 1 atom stereocenters. The molecule has 0 bridgehead atoms. The molecular weight excluding hydrogens is 318 g/mol. The zero-order valence-electron chi connectivity index (χ0n) is 16.2. The lowest BCUT2D eigenvalue weighted by atomic mass is 10.1. The van der Waals surface area contributed by atoms with E-state index in [2.05, 4.69) is 19.2 Å². The van der Waals surface area contributed by atoms with Gasteiger partial charge in [0.1, 0.15) is 5.60 Å². The number of amides is 1. The Kier molecular flexibility index (Phi) is 9.53. The van der Waals surface area contributed by atoms with Crippen LogP contribution in [-0.4, -0.2) is 37.6 Å². The summed E-state index contributed by atoms with van der Waals surface area (Å²) in [4.78, 5) is 12.0. The van der Waals surface area contributed by atoms with Crippen molar-refractivity contribution in [3.05, 3.63) is 35.9 Å². The Morgan fingerprint density at radius 2 is 1.72 bits per heavy atom.